The minimum atomic E-state index is -1.01. The van der Waals surface area contributed by atoms with Crippen molar-refractivity contribution < 1.29 is 14.9 Å². The van der Waals surface area contributed by atoms with E-state index in [-0.39, 0.29) is 12.6 Å². The second-order valence-corrected chi connectivity index (χ2v) is 3.95. The molecule has 0 amide bonds. The third kappa shape index (κ3) is 3.20. The van der Waals surface area contributed by atoms with Gasteiger partial charge in [-0.15, -0.1) is 0 Å². The van der Waals surface area contributed by atoms with Gasteiger partial charge in [-0.25, -0.2) is 0 Å². The molecule has 2 atom stereocenters. The van der Waals surface area contributed by atoms with Gasteiger partial charge in [0.25, 0.3) is 0 Å². The zero-order valence-electron chi connectivity index (χ0n) is 9.63. The number of nitrogens with two attached hydrogens (primary N) is 1. The maximum absolute atomic E-state index is 9.87. The van der Waals surface area contributed by atoms with Gasteiger partial charge in [0.05, 0.1) is 12.2 Å². The summed E-state index contributed by atoms with van der Waals surface area (Å²) >= 11 is 0. The number of benzene rings is 1. The average Bonchev–Trinajstić information content (AvgIpc) is 2.27. The van der Waals surface area contributed by atoms with Crippen molar-refractivity contribution in [2.24, 2.45) is 5.73 Å². The molecule has 0 bridgehead atoms. The van der Waals surface area contributed by atoms with Crippen LogP contribution in [0, 0.1) is 0 Å². The van der Waals surface area contributed by atoms with E-state index in [9.17, 15) is 10.2 Å². The molecule has 16 heavy (non-hydrogen) atoms. The second kappa shape index (κ2) is 5.84. The van der Waals surface area contributed by atoms with Crippen molar-refractivity contribution in [3.63, 3.8) is 0 Å². The number of aliphatic hydroxyl groups is 2. The Morgan fingerprint density at radius 3 is 2.44 bits per heavy atom. The van der Waals surface area contributed by atoms with Gasteiger partial charge < -0.3 is 20.7 Å². The third-order valence-corrected chi connectivity index (χ3v) is 2.21. The van der Waals surface area contributed by atoms with E-state index in [1.165, 1.54) is 0 Å². The first-order valence-electron chi connectivity index (χ1n) is 5.38. The topological polar surface area (TPSA) is 75.7 Å². The molecule has 2 unspecified atom stereocenters. The van der Waals surface area contributed by atoms with Crippen LogP contribution in [0.3, 0.4) is 0 Å². The molecule has 4 nitrogen and oxygen atoms in total. The molecular formula is C12H19NO3. The highest BCUT2D eigenvalue weighted by molar-refractivity contribution is 5.35. The first-order chi connectivity index (χ1) is 7.56. The van der Waals surface area contributed by atoms with Crippen molar-refractivity contribution >= 4 is 0 Å². The minimum absolute atomic E-state index is 0.0111. The third-order valence-electron chi connectivity index (χ3n) is 2.21. The maximum atomic E-state index is 9.87. The van der Waals surface area contributed by atoms with Crippen LogP contribution < -0.4 is 10.5 Å². The molecule has 0 fully saturated rings. The van der Waals surface area contributed by atoms with Crippen molar-refractivity contribution in [2.45, 2.75) is 32.2 Å². The normalized spacial score (nSPS) is 14.9. The molecular weight excluding hydrogens is 206 g/mol. The van der Waals surface area contributed by atoms with E-state index in [2.05, 4.69) is 0 Å². The van der Waals surface area contributed by atoms with Crippen LogP contribution in [-0.2, 0) is 0 Å². The molecule has 1 aromatic rings. The highest BCUT2D eigenvalue weighted by Crippen LogP contribution is 2.27. The molecule has 0 spiro atoms. The lowest BCUT2D eigenvalue weighted by molar-refractivity contribution is 0.0220. The zero-order valence-corrected chi connectivity index (χ0v) is 9.63. The standard InChI is InChI=1S/C12H19NO3/c1-8(2)16-11-6-4-3-5-9(11)12(15)10(14)7-13/h3-6,8,10,12,14-15H,7,13H2,1-2H3. The first kappa shape index (κ1) is 13.0. The van der Waals surface area contributed by atoms with Gasteiger partial charge in [0, 0.05) is 12.1 Å². The highest BCUT2D eigenvalue weighted by Gasteiger charge is 2.20. The Labute approximate surface area is 95.7 Å². The Morgan fingerprint density at radius 1 is 1.25 bits per heavy atom. The fraction of sp³-hybridized carbons (Fsp3) is 0.500. The molecule has 0 saturated carbocycles. The summed E-state index contributed by atoms with van der Waals surface area (Å²) in [5.74, 6) is 0.581. The number of para-hydroxylation sites is 1. The lowest BCUT2D eigenvalue weighted by Crippen LogP contribution is -2.27. The monoisotopic (exact) mass is 225 g/mol. The predicted octanol–water partition coefficient (Wildman–Crippen LogP) is 0.827. The molecule has 0 heterocycles. The van der Waals surface area contributed by atoms with Crippen molar-refractivity contribution in [2.75, 3.05) is 6.54 Å². The van der Waals surface area contributed by atoms with Crippen LogP contribution in [-0.4, -0.2) is 29.0 Å². The van der Waals surface area contributed by atoms with Crippen LogP contribution in [0.5, 0.6) is 5.75 Å². The van der Waals surface area contributed by atoms with Crippen LogP contribution in [0.2, 0.25) is 0 Å². The van der Waals surface area contributed by atoms with E-state index in [0.717, 1.165) is 0 Å². The number of hydrogen-bond donors (Lipinski definition) is 3. The van der Waals surface area contributed by atoms with Gasteiger partial charge in [0.1, 0.15) is 11.9 Å². The summed E-state index contributed by atoms with van der Waals surface area (Å²) in [5.41, 5.74) is 5.87. The molecule has 4 heteroatoms. The van der Waals surface area contributed by atoms with Crippen molar-refractivity contribution in [3.05, 3.63) is 29.8 Å². The van der Waals surface area contributed by atoms with Gasteiger partial charge in [0.15, 0.2) is 0 Å². The Bertz CT molecular complexity index is 328. The van der Waals surface area contributed by atoms with Crippen molar-refractivity contribution in [1.29, 1.82) is 0 Å². The largest absolute Gasteiger partial charge is 0.491 e. The van der Waals surface area contributed by atoms with Gasteiger partial charge in [0.2, 0.25) is 0 Å². The Balaban J connectivity index is 2.93. The summed E-state index contributed by atoms with van der Waals surface area (Å²) in [6.07, 6.45) is -1.97. The van der Waals surface area contributed by atoms with E-state index in [1.807, 2.05) is 19.9 Å². The molecule has 90 valence electrons. The maximum Gasteiger partial charge on any atom is 0.125 e. The predicted molar refractivity (Wildman–Crippen MR) is 62.2 cm³/mol. The fourth-order valence-corrected chi connectivity index (χ4v) is 1.42. The number of aliphatic hydroxyl groups excluding tert-OH is 2. The molecule has 1 aromatic carbocycles. The van der Waals surface area contributed by atoms with Crippen LogP contribution >= 0.6 is 0 Å². The molecule has 0 aliphatic rings. The second-order valence-electron chi connectivity index (χ2n) is 3.95. The van der Waals surface area contributed by atoms with Crippen molar-refractivity contribution in [3.8, 4) is 5.75 Å². The summed E-state index contributed by atoms with van der Waals surface area (Å²) in [7, 11) is 0. The molecule has 0 aromatic heterocycles. The highest BCUT2D eigenvalue weighted by atomic mass is 16.5. The van der Waals surface area contributed by atoms with Gasteiger partial charge in [-0.2, -0.15) is 0 Å². The lowest BCUT2D eigenvalue weighted by atomic mass is 10.0. The van der Waals surface area contributed by atoms with E-state index >= 15 is 0 Å². The minimum Gasteiger partial charge on any atom is -0.491 e. The van der Waals surface area contributed by atoms with E-state index in [1.54, 1.807) is 18.2 Å². The summed E-state index contributed by atoms with van der Waals surface area (Å²) in [6.45, 7) is 3.82. The van der Waals surface area contributed by atoms with Crippen LogP contribution in [0.1, 0.15) is 25.5 Å². The molecule has 1 rings (SSSR count). The molecule has 0 aliphatic carbocycles. The Hall–Kier alpha value is -1.10. The van der Waals surface area contributed by atoms with Gasteiger partial charge in [-0.05, 0) is 19.9 Å². The van der Waals surface area contributed by atoms with Crippen LogP contribution in [0.25, 0.3) is 0 Å². The summed E-state index contributed by atoms with van der Waals surface area (Å²) in [6, 6.07) is 7.10. The molecule has 0 aliphatic heterocycles. The van der Waals surface area contributed by atoms with Crippen LogP contribution in [0.4, 0.5) is 0 Å². The zero-order chi connectivity index (χ0) is 12.1. The van der Waals surface area contributed by atoms with E-state index in [0.29, 0.717) is 11.3 Å². The average molecular weight is 225 g/mol. The Morgan fingerprint density at radius 2 is 1.88 bits per heavy atom. The fourth-order valence-electron chi connectivity index (χ4n) is 1.42. The molecule has 0 saturated heterocycles. The van der Waals surface area contributed by atoms with Crippen molar-refractivity contribution in [1.82, 2.24) is 0 Å². The smallest absolute Gasteiger partial charge is 0.125 e. The first-order valence-corrected chi connectivity index (χ1v) is 5.38. The summed E-state index contributed by atoms with van der Waals surface area (Å²) in [4.78, 5) is 0. The van der Waals surface area contributed by atoms with Crippen LogP contribution in [0.15, 0.2) is 24.3 Å². The van der Waals surface area contributed by atoms with Gasteiger partial charge >= 0.3 is 0 Å². The van der Waals surface area contributed by atoms with E-state index in [4.69, 9.17) is 10.5 Å². The SMILES string of the molecule is CC(C)Oc1ccccc1C(O)C(O)CN. The summed E-state index contributed by atoms with van der Waals surface area (Å²) < 4.78 is 5.55. The lowest BCUT2D eigenvalue weighted by Gasteiger charge is -2.20. The summed E-state index contributed by atoms with van der Waals surface area (Å²) in [5, 5.41) is 19.4. The molecule has 4 N–H and O–H groups in total. The van der Waals surface area contributed by atoms with Gasteiger partial charge in [-0.1, -0.05) is 18.2 Å². The van der Waals surface area contributed by atoms with Gasteiger partial charge in [-0.3, -0.25) is 0 Å². The van der Waals surface area contributed by atoms with E-state index < -0.39 is 12.2 Å². The quantitative estimate of drug-likeness (QED) is 0.693. The molecule has 0 radical (unpaired) electrons. The number of ether oxygens (including phenoxy) is 1. The number of hydrogen-bond acceptors (Lipinski definition) is 4. The number of rotatable bonds is 5. The Kier molecular flexibility index (Phi) is 4.73.